The van der Waals surface area contributed by atoms with Crippen LogP contribution in [0.1, 0.15) is 24.8 Å². The zero-order chi connectivity index (χ0) is 11.0. The number of hydrogen-bond donors (Lipinski definition) is 0. The first-order chi connectivity index (χ1) is 7.83. The SMILES string of the molecule is O=C(N1CCCO1)C1(c2ccccc2)CC1. The van der Waals surface area contributed by atoms with Gasteiger partial charge in [0.25, 0.3) is 5.91 Å². The predicted molar refractivity (Wildman–Crippen MR) is 59.6 cm³/mol. The van der Waals surface area contributed by atoms with Crippen molar-refractivity contribution in [2.24, 2.45) is 0 Å². The molecule has 2 aliphatic rings. The van der Waals surface area contributed by atoms with Gasteiger partial charge in [-0.25, -0.2) is 5.06 Å². The molecule has 16 heavy (non-hydrogen) atoms. The lowest BCUT2D eigenvalue weighted by Crippen LogP contribution is -2.36. The van der Waals surface area contributed by atoms with Crippen LogP contribution in [-0.2, 0) is 15.0 Å². The summed E-state index contributed by atoms with van der Waals surface area (Å²) in [6.07, 6.45) is 2.86. The van der Waals surface area contributed by atoms with Gasteiger partial charge in [0.2, 0.25) is 0 Å². The summed E-state index contributed by atoms with van der Waals surface area (Å²) < 4.78 is 0. The molecule has 2 fully saturated rings. The van der Waals surface area contributed by atoms with Crippen LogP contribution in [0.4, 0.5) is 0 Å². The molecule has 1 saturated carbocycles. The number of carbonyl (C=O) groups is 1. The van der Waals surface area contributed by atoms with Crippen LogP contribution in [-0.4, -0.2) is 24.1 Å². The molecule has 0 atom stereocenters. The number of rotatable bonds is 2. The molecule has 3 heteroatoms. The van der Waals surface area contributed by atoms with Crippen molar-refractivity contribution >= 4 is 5.91 Å². The number of carbonyl (C=O) groups excluding carboxylic acids is 1. The van der Waals surface area contributed by atoms with Gasteiger partial charge in [0.05, 0.1) is 18.6 Å². The summed E-state index contributed by atoms with van der Waals surface area (Å²) in [6.45, 7) is 1.42. The molecular formula is C13H15NO2. The lowest BCUT2D eigenvalue weighted by Gasteiger charge is -2.21. The van der Waals surface area contributed by atoms with E-state index in [9.17, 15) is 4.79 Å². The van der Waals surface area contributed by atoms with Gasteiger partial charge in [-0.1, -0.05) is 30.3 Å². The van der Waals surface area contributed by atoms with Crippen LogP contribution >= 0.6 is 0 Å². The molecule has 0 aromatic heterocycles. The van der Waals surface area contributed by atoms with Crippen molar-refractivity contribution in [1.29, 1.82) is 0 Å². The minimum atomic E-state index is -0.272. The van der Waals surface area contributed by atoms with E-state index in [1.807, 2.05) is 30.3 Å². The fourth-order valence-corrected chi connectivity index (χ4v) is 2.35. The van der Waals surface area contributed by atoms with Crippen molar-refractivity contribution < 1.29 is 9.63 Å². The smallest absolute Gasteiger partial charge is 0.256 e. The van der Waals surface area contributed by atoms with Gasteiger partial charge in [0.15, 0.2) is 0 Å². The van der Waals surface area contributed by atoms with E-state index in [0.717, 1.165) is 31.4 Å². The van der Waals surface area contributed by atoms with Gasteiger partial charge in [-0.15, -0.1) is 0 Å². The average Bonchev–Trinajstić information content (AvgIpc) is 2.97. The van der Waals surface area contributed by atoms with E-state index in [4.69, 9.17) is 4.84 Å². The van der Waals surface area contributed by atoms with Crippen LogP contribution in [0.2, 0.25) is 0 Å². The molecule has 0 bridgehead atoms. The Morgan fingerprint density at radius 1 is 1.25 bits per heavy atom. The second-order valence-electron chi connectivity index (χ2n) is 4.54. The molecule has 1 amide bonds. The van der Waals surface area contributed by atoms with E-state index in [-0.39, 0.29) is 11.3 Å². The van der Waals surface area contributed by atoms with Crippen molar-refractivity contribution in [3.63, 3.8) is 0 Å². The first-order valence-electron chi connectivity index (χ1n) is 5.83. The molecule has 1 aromatic carbocycles. The second kappa shape index (κ2) is 3.59. The topological polar surface area (TPSA) is 29.5 Å². The summed E-state index contributed by atoms with van der Waals surface area (Å²) in [4.78, 5) is 17.7. The zero-order valence-electron chi connectivity index (χ0n) is 9.19. The largest absolute Gasteiger partial charge is 0.272 e. The molecule has 0 spiro atoms. The van der Waals surface area contributed by atoms with Crippen LogP contribution in [0.5, 0.6) is 0 Å². The molecule has 84 valence electrons. The van der Waals surface area contributed by atoms with Gasteiger partial charge in [-0.05, 0) is 24.8 Å². The molecule has 0 unspecified atom stereocenters. The third-order valence-electron chi connectivity index (χ3n) is 3.46. The molecule has 1 aromatic rings. The van der Waals surface area contributed by atoms with Gasteiger partial charge < -0.3 is 0 Å². The Morgan fingerprint density at radius 3 is 2.56 bits per heavy atom. The predicted octanol–water partition coefficient (Wildman–Crippen LogP) is 1.88. The van der Waals surface area contributed by atoms with E-state index in [0.29, 0.717) is 6.61 Å². The van der Waals surface area contributed by atoms with Crippen molar-refractivity contribution in [1.82, 2.24) is 5.06 Å². The van der Waals surface area contributed by atoms with E-state index in [1.54, 1.807) is 5.06 Å². The van der Waals surface area contributed by atoms with Crippen LogP contribution in [0.15, 0.2) is 30.3 Å². The first kappa shape index (κ1) is 9.85. The highest BCUT2D eigenvalue weighted by Crippen LogP contribution is 2.49. The van der Waals surface area contributed by atoms with Gasteiger partial charge in [0, 0.05) is 0 Å². The Morgan fingerprint density at radius 2 is 2.00 bits per heavy atom. The van der Waals surface area contributed by atoms with E-state index < -0.39 is 0 Å². The lowest BCUT2D eigenvalue weighted by molar-refractivity contribution is -0.171. The fraction of sp³-hybridized carbons (Fsp3) is 0.462. The number of nitrogens with zero attached hydrogens (tertiary/aromatic N) is 1. The maximum atomic E-state index is 12.3. The average molecular weight is 217 g/mol. The van der Waals surface area contributed by atoms with Gasteiger partial charge >= 0.3 is 0 Å². The Labute approximate surface area is 95.0 Å². The van der Waals surface area contributed by atoms with E-state index in [1.165, 1.54) is 0 Å². The Hall–Kier alpha value is -1.35. The Bertz CT molecular complexity index is 392. The number of benzene rings is 1. The molecule has 0 N–H and O–H groups in total. The minimum absolute atomic E-state index is 0.149. The molecular weight excluding hydrogens is 202 g/mol. The van der Waals surface area contributed by atoms with Crippen LogP contribution in [0.3, 0.4) is 0 Å². The van der Waals surface area contributed by atoms with Gasteiger partial charge in [-0.3, -0.25) is 9.63 Å². The molecule has 1 saturated heterocycles. The van der Waals surface area contributed by atoms with Gasteiger partial charge in [-0.2, -0.15) is 0 Å². The van der Waals surface area contributed by atoms with Crippen molar-refractivity contribution in [2.75, 3.05) is 13.2 Å². The van der Waals surface area contributed by atoms with E-state index >= 15 is 0 Å². The quantitative estimate of drug-likeness (QED) is 0.757. The van der Waals surface area contributed by atoms with Crippen LogP contribution < -0.4 is 0 Å². The molecule has 1 heterocycles. The standard InChI is InChI=1S/C13H15NO2/c15-12(14-9-4-10-16-14)13(7-8-13)11-5-2-1-3-6-11/h1-3,5-6H,4,7-10H2. The summed E-state index contributed by atoms with van der Waals surface area (Å²) in [7, 11) is 0. The lowest BCUT2D eigenvalue weighted by atomic mass is 9.95. The molecule has 1 aliphatic heterocycles. The summed E-state index contributed by atoms with van der Waals surface area (Å²) in [5.41, 5.74) is 0.863. The Kier molecular flexibility index (Phi) is 2.21. The van der Waals surface area contributed by atoms with E-state index in [2.05, 4.69) is 0 Å². The molecule has 3 nitrogen and oxygen atoms in total. The van der Waals surface area contributed by atoms with Crippen LogP contribution in [0.25, 0.3) is 0 Å². The first-order valence-corrected chi connectivity index (χ1v) is 5.83. The summed E-state index contributed by atoms with van der Waals surface area (Å²) in [5.74, 6) is 0.149. The number of hydrogen-bond acceptors (Lipinski definition) is 2. The highest BCUT2D eigenvalue weighted by Gasteiger charge is 2.53. The minimum Gasteiger partial charge on any atom is -0.272 e. The van der Waals surface area contributed by atoms with Gasteiger partial charge in [0.1, 0.15) is 0 Å². The number of amides is 1. The molecule has 1 aliphatic carbocycles. The highest BCUT2D eigenvalue weighted by molar-refractivity contribution is 5.90. The summed E-state index contributed by atoms with van der Waals surface area (Å²) in [5, 5.41) is 1.56. The summed E-state index contributed by atoms with van der Waals surface area (Å²) >= 11 is 0. The fourth-order valence-electron chi connectivity index (χ4n) is 2.35. The normalized spacial score (nSPS) is 22.1. The highest BCUT2D eigenvalue weighted by atomic mass is 16.7. The third-order valence-corrected chi connectivity index (χ3v) is 3.46. The van der Waals surface area contributed by atoms with Crippen molar-refractivity contribution in [3.8, 4) is 0 Å². The third kappa shape index (κ3) is 1.43. The van der Waals surface area contributed by atoms with Crippen LogP contribution in [0, 0.1) is 0 Å². The summed E-state index contributed by atoms with van der Waals surface area (Å²) in [6, 6.07) is 10.1. The monoisotopic (exact) mass is 217 g/mol. The maximum absolute atomic E-state index is 12.3. The van der Waals surface area contributed by atoms with Crippen molar-refractivity contribution in [2.45, 2.75) is 24.7 Å². The van der Waals surface area contributed by atoms with Crippen molar-refractivity contribution in [3.05, 3.63) is 35.9 Å². The second-order valence-corrected chi connectivity index (χ2v) is 4.54. The molecule has 0 radical (unpaired) electrons. The maximum Gasteiger partial charge on any atom is 0.256 e. The zero-order valence-corrected chi connectivity index (χ0v) is 9.19. The molecule has 3 rings (SSSR count). The number of hydroxylamine groups is 2. The Balaban J connectivity index is 1.86.